The summed E-state index contributed by atoms with van der Waals surface area (Å²) in [7, 11) is 0. The molecule has 0 N–H and O–H groups in total. The van der Waals surface area contributed by atoms with E-state index in [0.717, 1.165) is 23.4 Å². The first-order valence-electron chi connectivity index (χ1n) is 10.7. The van der Waals surface area contributed by atoms with Gasteiger partial charge in [0.1, 0.15) is 11.8 Å². The third-order valence-electron chi connectivity index (χ3n) is 5.90. The molecule has 2 aliphatic heterocycles. The molecule has 2 aliphatic rings. The van der Waals surface area contributed by atoms with Crippen LogP contribution in [-0.2, 0) is 19.5 Å². The summed E-state index contributed by atoms with van der Waals surface area (Å²) in [6, 6.07) is 7.03. The third kappa shape index (κ3) is 4.76. The standard InChI is InChI=1S/C22H19F4N5O4/c1-21(12-30-10-19(31(32)33)28-20(30)35-21)11-29-7-6-17-14(9-29)2-4-16(27-17)13-3-5-18(15(23)8-13)34-22(24,25)26/h2-5,8,10H,6-7,9,11-12H2,1H3. The first-order valence-corrected chi connectivity index (χ1v) is 10.7. The molecule has 1 aromatic carbocycles. The van der Waals surface area contributed by atoms with Gasteiger partial charge < -0.3 is 19.6 Å². The van der Waals surface area contributed by atoms with Crippen LogP contribution in [0.15, 0.2) is 36.5 Å². The number of aromatic nitrogens is 3. The summed E-state index contributed by atoms with van der Waals surface area (Å²) < 4.78 is 62.5. The first-order chi connectivity index (χ1) is 16.5. The lowest BCUT2D eigenvalue weighted by molar-refractivity contribution is -0.389. The van der Waals surface area contributed by atoms with E-state index >= 15 is 0 Å². The van der Waals surface area contributed by atoms with Crippen molar-refractivity contribution < 1.29 is 32.0 Å². The monoisotopic (exact) mass is 493 g/mol. The molecule has 35 heavy (non-hydrogen) atoms. The van der Waals surface area contributed by atoms with Crippen LogP contribution in [0.25, 0.3) is 11.3 Å². The van der Waals surface area contributed by atoms with Gasteiger partial charge in [0.15, 0.2) is 11.6 Å². The number of rotatable bonds is 5. The lowest BCUT2D eigenvalue weighted by Gasteiger charge is -2.34. The predicted molar refractivity (Wildman–Crippen MR) is 113 cm³/mol. The van der Waals surface area contributed by atoms with Crippen LogP contribution in [0.4, 0.5) is 23.4 Å². The van der Waals surface area contributed by atoms with Crippen molar-refractivity contribution in [2.45, 2.75) is 38.4 Å². The summed E-state index contributed by atoms with van der Waals surface area (Å²) in [5.41, 5.74) is 2.01. The van der Waals surface area contributed by atoms with Crippen molar-refractivity contribution in [2.75, 3.05) is 13.1 Å². The fraction of sp³-hybridized carbons (Fsp3) is 0.364. The zero-order valence-electron chi connectivity index (χ0n) is 18.4. The molecule has 3 aromatic rings. The van der Waals surface area contributed by atoms with E-state index in [1.807, 2.05) is 13.0 Å². The van der Waals surface area contributed by atoms with Crippen molar-refractivity contribution in [2.24, 2.45) is 0 Å². The van der Waals surface area contributed by atoms with Crippen molar-refractivity contribution in [3.63, 3.8) is 0 Å². The highest BCUT2D eigenvalue weighted by atomic mass is 19.4. The van der Waals surface area contributed by atoms with Gasteiger partial charge in [0.25, 0.3) is 0 Å². The molecule has 1 unspecified atom stereocenters. The zero-order chi connectivity index (χ0) is 25.0. The largest absolute Gasteiger partial charge is 0.573 e. The zero-order valence-corrected chi connectivity index (χ0v) is 18.4. The summed E-state index contributed by atoms with van der Waals surface area (Å²) in [4.78, 5) is 21.0. The molecule has 9 nitrogen and oxygen atoms in total. The van der Waals surface area contributed by atoms with E-state index in [1.165, 1.54) is 12.3 Å². The van der Waals surface area contributed by atoms with E-state index in [1.54, 1.807) is 10.6 Å². The van der Waals surface area contributed by atoms with Crippen LogP contribution in [0.5, 0.6) is 11.8 Å². The Hall–Kier alpha value is -3.74. The number of imidazole rings is 1. The lowest BCUT2D eigenvalue weighted by atomic mass is 10.0. The molecule has 4 heterocycles. The molecular weight excluding hydrogens is 474 g/mol. The number of nitro groups is 1. The SMILES string of the molecule is CC1(CN2CCc3nc(-c4ccc(OC(F)(F)F)c(F)c4)ccc3C2)Cn2cc([N+](=O)[O-])nc2O1. The van der Waals surface area contributed by atoms with Gasteiger partial charge in [-0.3, -0.25) is 14.5 Å². The van der Waals surface area contributed by atoms with Gasteiger partial charge in [-0.1, -0.05) is 6.07 Å². The van der Waals surface area contributed by atoms with E-state index in [4.69, 9.17) is 4.74 Å². The van der Waals surface area contributed by atoms with Gasteiger partial charge >= 0.3 is 18.2 Å². The smallest absolute Gasteiger partial charge is 0.436 e. The highest BCUT2D eigenvalue weighted by Crippen LogP contribution is 2.33. The molecule has 0 aliphatic carbocycles. The van der Waals surface area contributed by atoms with Gasteiger partial charge in [0, 0.05) is 42.3 Å². The number of pyridine rings is 1. The Morgan fingerprint density at radius 2 is 2.06 bits per heavy atom. The number of fused-ring (bicyclic) bond motifs is 2. The van der Waals surface area contributed by atoms with Crippen LogP contribution in [0.1, 0.15) is 18.2 Å². The molecule has 0 spiro atoms. The van der Waals surface area contributed by atoms with E-state index < -0.39 is 28.5 Å². The number of hydrogen-bond donors (Lipinski definition) is 0. The third-order valence-corrected chi connectivity index (χ3v) is 5.90. The molecule has 13 heteroatoms. The average molecular weight is 493 g/mol. The topological polar surface area (TPSA) is 95.6 Å². The van der Waals surface area contributed by atoms with Crippen LogP contribution in [0.3, 0.4) is 0 Å². The molecule has 184 valence electrons. The second-order valence-corrected chi connectivity index (χ2v) is 8.77. The average Bonchev–Trinajstić information content (AvgIpc) is 3.29. The van der Waals surface area contributed by atoms with Crippen LogP contribution < -0.4 is 9.47 Å². The summed E-state index contributed by atoms with van der Waals surface area (Å²) in [6.45, 7) is 4.19. The Balaban J connectivity index is 1.26. The van der Waals surface area contributed by atoms with Crippen LogP contribution in [0, 0.1) is 15.9 Å². The molecule has 0 amide bonds. The molecule has 2 aromatic heterocycles. The molecule has 0 fully saturated rings. The second kappa shape index (κ2) is 8.18. The fourth-order valence-electron chi connectivity index (χ4n) is 4.47. The Labute approximate surface area is 196 Å². The van der Waals surface area contributed by atoms with E-state index in [-0.39, 0.29) is 11.8 Å². The molecule has 0 bridgehead atoms. The van der Waals surface area contributed by atoms with E-state index in [0.29, 0.717) is 43.9 Å². The molecular formula is C22H19F4N5O4. The van der Waals surface area contributed by atoms with Crippen molar-refractivity contribution in [3.8, 4) is 23.0 Å². The van der Waals surface area contributed by atoms with Crippen LogP contribution >= 0.6 is 0 Å². The highest BCUT2D eigenvalue weighted by Gasteiger charge is 2.42. The summed E-state index contributed by atoms with van der Waals surface area (Å²) in [5, 5.41) is 10.9. The Kier molecular flexibility index (Phi) is 5.38. The van der Waals surface area contributed by atoms with Gasteiger partial charge in [-0.2, -0.15) is 0 Å². The van der Waals surface area contributed by atoms with Crippen molar-refractivity contribution in [1.82, 2.24) is 19.4 Å². The maximum Gasteiger partial charge on any atom is 0.573 e. The van der Waals surface area contributed by atoms with Crippen LogP contribution in [-0.4, -0.2) is 49.4 Å². The molecule has 0 saturated heterocycles. The first kappa shape index (κ1) is 23.0. The normalized spacial score (nSPS) is 19.7. The minimum absolute atomic E-state index is 0.224. The Morgan fingerprint density at radius 1 is 1.26 bits per heavy atom. The van der Waals surface area contributed by atoms with Gasteiger partial charge in [-0.25, -0.2) is 4.39 Å². The predicted octanol–water partition coefficient (Wildman–Crippen LogP) is 4.10. The van der Waals surface area contributed by atoms with Gasteiger partial charge in [0.2, 0.25) is 0 Å². The quantitative estimate of drug-likeness (QED) is 0.300. The maximum atomic E-state index is 14.1. The highest BCUT2D eigenvalue weighted by molar-refractivity contribution is 5.61. The number of halogens is 4. The lowest BCUT2D eigenvalue weighted by Crippen LogP contribution is -2.46. The molecule has 0 radical (unpaired) electrons. The molecule has 1 atom stereocenters. The van der Waals surface area contributed by atoms with Gasteiger partial charge in [-0.05, 0) is 41.7 Å². The maximum absolute atomic E-state index is 14.1. The summed E-state index contributed by atoms with van der Waals surface area (Å²) in [5.74, 6) is -2.27. The van der Waals surface area contributed by atoms with Crippen LogP contribution in [0.2, 0.25) is 0 Å². The number of nitrogens with zero attached hydrogens (tertiary/aromatic N) is 5. The van der Waals surface area contributed by atoms with Gasteiger partial charge in [0.05, 0.1) is 12.2 Å². The van der Waals surface area contributed by atoms with E-state index in [2.05, 4.69) is 19.6 Å². The minimum Gasteiger partial charge on any atom is -0.436 e. The molecule has 0 saturated carbocycles. The number of ether oxygens (including phenoxy) is 2. The number of hydrogen-bond acceptors (Lipinski definition) is 7. The van der Waals surface area contributed by atoms with E-state index in [9.17, 15) is 27.7 Å². The van der Waals surface area contributed by atoms with Crippen molar-refractivity contribution in [1.29, 1.82) is 0 Å². The number of benzene rings is 1. The minimum atomic E-state index is -4.98. The summed E-state index contributed by atoms with van der Waals surface area (Å²) in [6.07, 6.45) is -2.99. The fourth-order valence-corrected chi connectivity index (χ4v) is 4.47. The second-order valence-electron chi connectivity index (χ2n) is 8.77. The molecule has 5 rings (SSSR count). The van der Waals surface area contributed by atoms with Gasteiger partial charge in [-0.15, -0.1) is 13.2 Å². The van der Waals surface area contributed by atoms with Crippen molar-refractivity contribution in [3.05, 3.63) is 63.7 Å². The van der Waals surface area contributed by atoms with Crippen molar-refractivity contribution >= 4 is 5.82 Å². The summed E-state index contributed by atoms with van der Waals surface area (Å²) >= 11 is 0. The Bertz CT molecular complexity index is 1290. The number of alkyl halides is 3. The Morgan fingerprint density at radius 3 is 2.74 bits per heavy atom.